The van der Waals surface area contributed by atoms with Gasteiger partial charge in [-0.05, 0) is 71.5 Å². The Hall–Kier alpha value is -3.14. The number of amides is 1. The molecule has 0 saturated heterocycles. The van der Waals surface area contributed by atoms with Crippen molar-refractivity contribution in [1.82, 2.24) is 9.99 Å². The van der Waals surface area contributed by atoms with Crippen LogP contribution in [0.15, 0.2) is 66.0 Å². The van der Waals surface area contributed by atoms with Gasteiger partial charge in [0.15, 0.2) is 11.5 Å². The molecular formula is C22H20IN3O4. The van der Waals surface area contributed by atoms with Crippen LogP contribution in [-0.2, 0) is 4.79 Å². The second kappa shape index (κ2) is 10.1. The molecule has 0 aliphatic rings. The van der Waals surface area contributed by atoms with Crippen molar-refractivity contribution in [3.63, 3.8) is 0 Å². The van der Waals surface area contributed by atoms with Gasteiger partial charge >= 0.3 is 5.97 Å². The zero-order valence-corrected chi connectivity index (χ0v) is 18.6. The molecule has 30 heavy (non-hydrogen) atoms. The van der Waals surface area contributed by atoms with Gasteiger partial charge in [0, 0.05) is 19.3 Å². The fraction of sp³-hybridized carbons (Fsp3) is 0.136. The van der Waals surface area contributed by atoms with E-state index in [-0.39, 0.29) is 5.91 Å². The Labute approximate surface area is 187 Å². The smallest absolute Gasteiger partial charge is 0.308 e. The summed E-state index contributed by atoms with van der Waals surface area (Å²) in [6.07, 6.45) is 5.26. The van der Waals surface area contributed by atoms with Gasteiger partial charge in [-0.2, -0.15) is 5.10 Å². The quantitative estimate of drug-likeness (QED) is 0.168. The number of carbonyl (C=O) groups excluding carboxylic acids is 2. The minimum atomic E-state index is -0.427. The topological polar surface area (TPSA) is 81.9 Å². The van der Waals surface area contributed by atoms with Crippen LogP contribution >= 0.6 is 22.6 Å². The first kappa shape index (κ1) is 21.6. The highest BCUT2D eigenvalue weighted by Gasteiger charge is 2.14. The van der Waals surface area contributed by atoms with Crippen LogP contribution in [0.3, 0.4) is 0 Å². The van der Waals surface area contributed by atoms with Gasteiger partial charge < -0.3 is 14.0 Å². The molecule has 0 atom stereocenters. The summed E-state index contributed by atoms with van der Waals surface area (Å²) in [6.45, 7) is 3.59. The Morgan fingerprint density at radius 3 is 2.60 bits per heavy atom. The minimum Gasteiger partial charge on any atom is -0.490 e. The summed E-state index contributed by atoms with van der Waals surface area (Å²) in [6, 6.07) is 14.5. The van der Waals surface area contributed by atoms with Crippen LogP contribution < -0.4 is 14.9 Å². The van der Waals surface area contributed by atoms with E-state index in [1.165, 1.54) is 13.1 Å². The third kappa shape index (κ3) is 5.26. The lowest BCUT2D eigenvalue weighted by Crippen LogP contribution is -2.19. The third-order valence-corrected chi connectivity index (χ3v) is 4.79. The monoisotopic (exact) mass is 517 g/mol. The number of esters is 1. The maximum atomic E-state index is 12.6. The molecule has 1 N–H and O–H groups in total. The Balaban J connectivity index is 1.79. The highest BCUT2D eigenvalue weighted by atomic mass is 127. The fourth-order valence-corrected chi connectivity index (χ4v) is 3.52. The zero-order chi connectivity index (χ0) is 21.5. The number of aromatic nitrogens is 1. The maximum Gasteiger partial charge on any atom is 0.308 e. The molecule has 8 heteroatoms. The normalized spacial score (nSPS) is 10.8. The van der Waals surface area contributed by atoms with Gasteiger partial charge in [0.1, 0.15) is 0 Å². The highest BCUT2D eigenvalue weighted by Crippen LogP contribution is 2.34. The second-order valence-corrected chi connectivity index (χ2v) is 7.33. The van der Waals surface area contributed by atoms with Crippen molar-refractivity contribution in [2.45, 2.75) is 13.8 Å². The standard InChI is InChI=1S/C22H20IN3O4/c1-3-29-20-13-16(12-18(23)21(20)30-15(2)27)14-24-25-22(28)17-8-4-5-9-19(17)26-10-6-7-11-26/h4-14H,3H2,1-2H3,(H,25,28)/b24-14-. The van der Waals surface area contributed by atoms with Crippen molar-refractivity contribution in [2.75, 3.05) is 6.61 Å². The maximum absolute atomic E-state index is 12.6. The second-order valence-electron chi connectivity index (χ2n) is 6.16. The van der Waals surface area contributed by atoms with E-state index in [4.69, 9.17) is 9.47 Å². The number of halogens is 1. The van der Waals surface area contributed by atoms with E-state index in [1.54, 1.807) is 24.3 Å². The van der Waals surface area contributed by atoms with Crippen LogP contribution in [0.2, 0.25) is 0 Å². The molecule has 1 aromatic heterocycles. The molecule has 0 saturated carbocycles. The van der Waals surface area contributed by atoms with Crippen molar-refractivity contribution in [3.8, 4) is 17.2 Å². The summed E-state index contributed by atoms with van der Waals surface area (Å²) in [5.41, 5.74) is 4.51. The van der Waals surface area contributed by atoms with E-state index in [2.05, 4.69) is 33.1 Å². The van der Waals surface area contributed by atoms with Crippen LogP contribution in [-0.4, -0.2) is 29.3 Å². The van der Waals surface area contributed by atoms with Crippen LogP contribution in [0.1, 0.15) is 29.8 Å². The molecule has 3 aromatic rings. The number of ether oxygens (including phenoxy) is 2. The van der Waals surface area contributed by atoms with E-state index < -0.39 is 5.97 Å². The number of rotatable bonds is 7. The number of nitrogens with one attached hydrogen (secondary N) is 1. The summed E-state index contributed by atoms with van der Waals surface area (Å²) >= 11 is 2.06. The molecule has 0 fully saturated rings. The SMILES string of the molecule is CCOc1cc(/C=N\NC(=O)c2ccccc2-n2cccc2)cc(I)c1OC(C)=O. The Morgan fingerprint density at radius 2 is 1.90 bits per heavy atom. The fourth-order valence-electron chi connectivity index (χ4n) is 2.78. The van der Waals surface area contributed by atoms with Crippen molar-refractivity contribution < 1.29 is 19.1 Å². The number of para-hydroxylation sites is 1. The number of carbonyl (C=O) groups is 2. The average Bonchev–Trinajstić information content (AvgIpc) is 3.25. The van der Waals surface area contributed by atoms with Gasteiger partial charge in [-0.3, -0.25) is 9.59 Å². The predicted octanol–water partition coefficient (Wildman–Crippen LogP) is 4.17. The van der Waals surface area contributed by atoms with Gasteiger partial charge in [0.2, 0.25) is 0 Å². The van der Waals surface area contributed by atoms with E-state index in [0.717, 1.165) is 5.69 Å². The largest absolute Gasteiger partial charge is 0.490 e. The first-order valence-corrected chi connectivity index (χ1v) is 10.3. The first-order valence-electron chi connectivity index (χ1n) is 9.20. The Bertz CT molecular complexity index is 1080. The van der Waals surface area contributed by atoms with E-state index in [9.17, 15) is 9.59 Å². The van der Waals surface area contributed by atoms with Gasteiger partial charge in [-0.1, -0.05) is 12.1 Å². The summed E-state index contributed by atoms with van der Waals surface area (Å²) in [5, 5.41) is 4.07. The predicted molar refractivity (Wildman–Crippen MR) is 122 cm³/mol. The molecule has 3 rings (SSSR count). The summed E-state index contributed by atoms with van der Waals surface area (Å²) in [4.78, 5) is 24.0. The lowest BCUT2D eigenvalue weighted by molar-refractivity contribution is -0.132. The molecular weight excluding hydrogens is 497 g/mol. The molecule has 0 spiro atoms. The van der Waals surface area contributed by atoms with Crippen molar-refractivity contribution >= 4 is 40.7 Å². The number of hydrazone groups is 1. The lowest BCUT2D eigenvalue weighted by Gasteiger charge is -2.12. The van der Waals surface area contributed by atoms with Gasteiger partial charge in [-0.15, -0.1) is 0 Å². The van der Waals surface area contributed by atoms with Gasteiger partial charge in [-0.25, -0.2) is 5.43 Å². The Morgan fingerprint density at radius 1 is 1.17 bits per heavy atom. The number of hydrogen-bond donors (Lipinski definition) is 1. The van der Waals surface area contributed by atoms with Gasteiger partial charge in [0.05, 0.1) is 27.6 Å². The summed E-state index contributed by atoms with van der Waals surface area (Å²) in [7, 11) is 0. The van der Waals surface area contributed by atoms with Crippen LogP contribution in [0, 0.1) is 3.57 Å². The van der Waals surface area contributed by atoms with Crippen molar-refractivity contribution in [3.05, 3.63) is 75.6 Å². The van der Waals surface area contributed by atoms with Gasteiger partial charge in [0.25, 0.3) is 5.91 Å². The third-order valence-electron chi connectivity index (χ3n) is 3.99. The molecule has 1 amide bonds. The minimum absolute atomic E-state index is 0.327. The number of nitrogens with zero attached hydrogens (tertiary/aromatic N) is 2. The summed E-state index contributed by atoms with van der Waals surface area (Å²) in [5.74, 6) is 0.0489. The molecule has 2 aromatic carbocycles. The number of benzene rings is 2. The molecule has 0 bridgehead atoms. The Kier molecular flexibility index (Phi) is 7.23. The zero-order valence-electron chi connectivity index (χ0n) is 16.5. The first-order chi connectivity index (χ1) is 14.5. The number of hydrogen-bond acceptors (Lipinski definition) is 5. The molecule has 7 nitrogen and oxygen atoms in total. The molecule has 0 aliphatic carbocycles. The average molecular weight is 517 g/mol. The van der Waals surface area contributed by atoms with E-state index in [1.807, 2.05) is 48.1 Å². The molecule has 154 valence electrons. The van der Waals surface area contributed by atoms with E-state index >= 15 is 0 Å². The molecule has 0 radical (unpaired) electrons. The van der Waals surface area contributed by atoms with Crippen molar-refractivity contribution in [1.29, 1.82) is 0 Å². The molecule has 1 heterocycles. The molecule has 0 aliphatic heterocycles. The lowest BCUT2D eigenvalue weighted by atomic mass is 10.1. The highest BCUT2D eigenvalue weighted by molar-refractivity contribution is 14.1. The van der Waals surface area contributed by atoms with Crippen molar-refractivity contribution in [2.24, 2.45) is 5.10 Å². The van der Waals surface area contributed by atoms with E-state index in [0.29, 0.717) is 32.8 Å². The van der Waals surface area contributed by atoms with Crippen LogP contribution in [0.4, 0.5) is 0 Å². The molecule has 0 unspecified atom stereocenters. The van der Waals surface area contributed by atoms with Crippen LogP contribution in [0.25, 0.3) is 5.69 Å². The summed E-state index contributed by atoms with van der Waals surface area (Å²) < 4.78 is 13.4. The van der Waals surface area contributed by atoms with Crippen LogP contribution in [0.5, 0.6) is 11.5 Å².